The van der Waals surface area contributed by atoms with Gasteiger partial charge in [-0.3, -0.25) is 29.0 Å². The van der Waals surface area contributed by atoms with Crippen LogP contribution in [0.25, 0.3) is 6.08 Å². The van der Waals surface area contributed by atoms with Crippen molar-refractivity contribution >= 4 is 90.5 Å². The van der Waals surface area contributed by atoms with E-state index in [0.717, 1.165) is 10.5 Å². The Bertz CT molecular complexity index is 1650. The summed E-state index contributed by atoms with van der Waals surface area (Å²) in [6, 6.07) is 8.47. The van der Waals surface area contributed by atoms with Gasteiger partial charge in [-0.05, 0) is 79.9 Å². The first-order chi connectivity index (χ1) is 19.8. The summed E-state index contributed by atoms with van der Waals surface area (Å²) in [6.45, 7) is 3.75. The number of hydrogen-bond donors (Lipinski definition) is 1. The number of carbonyl (C=O) groups is 4. The zero-order valence-corrected chi connectivity index (χ0v) is 27.1. The number of rotatable bonds is 4. The van der Waals surface area contributed by atoms with Gasteiger partial charge in [0.05, 0.1) is 29.1 Å². The number of imide groups is 2. The molecule has 4 aliphatic rings. The van der Waals surface area contributed by atoms with Crippen LogP contribution in [0.2, 0.25) is 0 Å². The topological polar surface area (TPSA) is 104 Å². The van der Waals surface area contributed by atoms with E-state index in [1.165, 1.54) is 25.1 Å². The molecular formula is C30H24Br2Cl2N2O6. The average Bonchev–Trinajstić information content (AvgIpc) is 3.31. The third-order valence-electron chi connectivity index (χ3n) is 9.11. The minimum atomic E-state index is -1.97. The minimum Gasteiger partial charge on any atom is -0.503 e. The molecule has 6 atom stereocenters. The highest BCUT2D eigenvalue weighted by atomic mass is 79.9. The molecule has 0 spiro atoms. The van der Waals surface area contributed by atoms with Crippen LogP contribution in [0.1, 0.15) is 29.9 Å². The van der Waals surface area contributed by atoms with E-state index in [1.807, 2.05) is 6.08 Å². The number of amides is 4. The van der Waals surface area contributed by atoms with Gasteiger partial charge in [0, 0.05) is 17.4 Å². The summed E-state index contributed by atoms with van der Waals surface area (Å²) in [5, 5.41) is 10.6. The van der Waals surface area contributed by atoms with Crippen molar-refractivity contribution in [3.8, 4) is 11.5 Å². The zero-order valence-electron chi connectivity index (χ0n) is 22.4. The van der Waals surface area contributed by atoms with Crippen LogP contribution in [0.15, 0.2) is 57.5 Å². The lowest BCUT2D eigenvalue weighted by atomic mass is 9.56. The molecule has 1 saturated carbocycles. The third kappa shape index (κ3) is 3.64. The number of carbonyl (C=O) groups excluding carboxylic acids is 4. The Morgan fingerprint density at radius 2 is 1.71 bits per heavy atom. The number of anilines is 1. The van der Waals surface area contributed by atoms with Gasteiger partial charge in [0.15, 0.2) is 21.2 Å². The van der Waals surface area contributed by atoms with Crippen molar-refractivity contribution in [2.75, 3.05) is 19.1 Å². The molecule has 0 aromatic heterocycles. The predicted molar refractivity (Wildman–Crippen MR) is 165 cm³/mol. The molecule has 2 aromatic carbocycles. The molecule has 12 heteroatoms. The number of fused-ring (bicyclic) bond motifs is 4. The lowest BCUT2D eigenvalue weighted by Gasteiger charge is -2.51. The Morgan fingerprint density at radius 1 is 1.05 bits per heavy atom. The summed E-state index contributed by atoms with van der Waals surface area (Å²) in [5.41, 5.74) is 2.33. The van der Waals surface area contributed by atoms with Gasteiger partial charge in [0.25, 0.3) is 11.8 Å². The third-order valence-corrected chi connectivity index (χ3v) is 12.7. The molecule has 4 amide bonds. The number of hydrogen-bond acceptors (Lipinski definition) is 6. The van der Waals surface area contributed by atoms with Crippen LogP contribution in [0.3, 0.4) is 0 Å². The van der Waals surface area contributed by atoms with Crippen molar-refractivity contribution in [3.05, 3.63) is 68.6 Å². The average molecular weight is 739 g/mol. The van der Waals surface area contributed by atoms with Gasteiger partial charge >= 0.3 is 0 Å². The van der Waals surface area contributed by atoms with Crippen molar-refractivity contribution in [3.63, 3.8) is 0 Å². The molecule has 1 N–H and O–H groups in total. The van der Waals surface area contributed by atoms with Gasteiger partial charge in [-0.1, -0.05) is 36.4 Å². The SMILES string of the molecule is C=Cc1ccc(N2C(=O)[C@H]3[C@H](CC=C4[C@H]3C[C@@]3(Cl)C(=O)N(C)C(=O)[C@@]3(Cl)[C@H]4c3cc(OC)c(O)c(Br)c3Br)C2=O)cc1. The number of phenols is 1. The second kappa shape index (κ2) is 9.94. The number of halogens is 4. The van der Waals surface area contributed by atoms with E-state index in [1.54, 1.807) is 30.3 Å². The number of benzene rings is 2. The maximum absolute atomic E-state index is 14.1. The van der Waals surface area contributed by atoms with Crippen LogP contribution in [0, 0.1) is 17.8 Å². The number of allylic oxidation sites excluding steroid dienone is 2. The summed E-state index contributed by atoms with van der Waals surface area (Å²) in [6.07, 6.45) is 3.63. The smallest absolute Gasteiger partial charge is 0.253 e. The van der Waals surface area contributed by atoms with E-state index in [-0.39, 0.29) is 34.7 Å². The first kappa shape index (κ1) is 29.4. The van der Waals surface area contributed by atoms with E-state index in [0.29, 0.717) is 21.3 Å². The van der Waals surface area contributed by atoms with Gasteiger partial charge in [-0.25, -0.2) is 0 Å². The molecule has 2 heterocycles. The number of aromatic hydroxyl groups is 1. The molecule has 2 saturated heterocycles. The minimum absolute atomic E-state index is 0.100. The van der Waals surface area contributed by atoms with Crippen molar-refractivity contribution in [2.45, 2.75) is 28.5 Å². The Hall–Kier alpha value is -2.66. The van der Waals surface area contributed by atoms with Gasteiger partial charge in [-0.15, -0.1) is 23.2 Å². The monoisotopic (exact) mass is 736 g/mol. The van der Waals surface area contributed by atoms with Crippen molar-refractivity contribution in [1.29, 1.82) is 0 Å². The molecule has 3 fully saturated rings. The Labute approximate surface area is 268 Å². The summed E-state index contributed by atoms with van der Waals surface area (Å²) in [4.78, 5) is 53.5. The largest absolute Gasteiger partial charge is 0.503 e. The second-order valence-corrected chi connectivity index (χ2v) is 13.8. The molecule has 2 aromatic rings. The van der Waals surface area contributed by atoms with Gasteiger partial charge in [-0.2, -0.15) is 0 Å². The molecule has 0 unspecified atom stereocenters. The Kier molecular flexibility index (Phi) is 6.96. The molecule has 8 nitrogen and oxygen atoms in total. The normalized spacial score (nSPS) is 32.0. The highest BCUT2D eigenvalue weighted by Gasteiger charge is 2.76. The van der Waals surface area contributed by atoms with E-state index in [4.69, 9.17) is 27.9 Å². The fourth-order valence-corrected chi connectivity index (χ4v) is 9.05. The van der Waals surface area contributed by atoms with Crippen LogP contribution < -0.4 is 9.64 Å². The maximum atomic E-state index is 14.1. The van der Waals surface area contributed by atoms with E-state index in [2.05, 4.69) is 38.4 Å². The van der Waals surface area contributed by atoms with Crippen LogP contribution in [-0.2, 0) is 19.2 Å². The Balaban J connectivity index is 1.54. The van der Waals surface area contributed by atoms with E-state index >= 15 is 0 Å². The predicted octanol–water partition coefficient (Wildman–Crippen LogP) is 5.76. The summed E-state index contributed by atoms with van der Waals surface area (Å²) in [5.74, 6) is -5.37. The number of nitrogens with zero attached hydrogens (tertiary/aromatic N) is 2. The van der Waals surface area contributed by atoms with Crippen molar-refractivity contribution < 1.29 is 29.0 Å². The van der Waals surface area contributed by atoms with Crippen LogP contribution in [0.5, 0.6) is 11.5 Å². The first-order valence-electron chi connectivity index (χ1n) is 13.1. The highest BCUT2D eigenvalue weighted by Crippen LogP contribution is 2.66. The van der Waals surface area contributed by atoms with Gasteiger partial charge in [0.1, 0.15) is 0 Å². The number of likely N-dealkylation sites (tertiary alicyclic amines) is 1. The van der Waals surface area contributed by atoms with E-state index < -0.39 is 51.1 Å². The highest BCUT2D eigenvalue weighted by molar-refractivity contribution is 9.13. The molecule has 6 rings (SSSR count). The standard InChI is InChI=1S/C30H24Br2Cl2N2O6/c1-4-13-5-7-14(8-6-13)36-25(38)16-10-9-15-18(20(16)26(36)39)12-29(33)27(40)35(2)28(41)30(29,34)21(15)17-11-19(42-3)24(37)23(32)22(17)31/h4-9,11,16,18,20-21,37H,1,10,12H2,2-3H3/t16-,18+,20-,21+,29+,30-/m0/s1. The molecule has 0 radical (unpaired) electrons. The lowest BCUT2D eigenvalue weighted by molar-refractivity contribution is -0.138. The zero-order chi connectivity index (χ0) is 30.5. The summed E-state index contributed by atoms with van der Waals surface area (Å²) < 4.78 is 6.02. The number of ether oxygens (including phenoxy) is 1. The maximum Gasteiger partial charge on any atom is 0.253 e. The van der Waals surface area contributed by atoms with E-state index in [9.17, 15) is 24.3 Å². The second-order valence-electron chi connectivity index (χ2n) is 11.0. The number of methoxy groups -OCH3 is 1. The van der Waals surface area contributed by atoms with Crippen molar-refractivity contribution in [2.24, 2.45) is 17.8 Å². The molecule has 42 heavy (non-hydrogen) atoms. The fraction of sp³-hybridized carbons (Fsp3) is 0.333. The molecule has 2 aliphatic heterocycles. The molecule has 218 valence electrons. The van der Waals surface area contributed by atoms with Crippen LogP contribution in [-0.4, -0.2) is 57.5 Å². The number of alkyl halides is 2. The quantitative estimate of drug-likeness (QED) is 0.243. The molecule has 2 aliphatic carbocycles. The fourth-order valence-electron chi connectivity index (χ4n) is 7.08. The number of phenolic OH excluding ortho intramolecular Hbond substituents is 1. The first-order valence-corrected chi connectivity index (χ1v) is 15.4. The summed E-state index contributed by atoms with van der Waals surface area (Å²) in [7, 11) is 2.71. The Morgan fingerprint density at radius 3 is 2.33 bits per heavy atom. The van der Waals surface area contributed by atoms with Gasteiger partial charge in [0.2, 0.25) is 11.8 Å². The van der Waals surface area contributed by atoms with Crippen LogP contribution >= 0.6 is 55.1 Å². The lowest BCUT2D eigenvalue weighted by Crippen LogP contribution is -2.60. The molecular weight excluding hydrogens is 715 g/mol. The van der Waals surface area contributed by atoms with Crippen molar-refractivity contribution in [1.82, 2.24) is 4.90 Å². The van der Waals surface area contributed by atoms with Crippen LogP contribution in [0.4, 0.5) is 5.69 Å². The summed E-state index contributed by atoms with van der Waals surface area (Å²) >= 11 is 21.4. The molecule has 0 bridgehead atoms. The van der Waals surface area contributed by atoms with Gasteiger partial charge < -0.3 is 9.84 Å².